The molecule has 6 nitrogen and oxygen atoms in total. The fourth-order valence-electron chi connectivity index (χ4n) is 4.03. The predicted molar refractivity (Wildman–Crippen MR) is 99.8 cm³/mol. The Morgan fingerprint density at radius 1 is 1.08 bits per heavy atom. The third kappa shape index (κ3) is 4.23. The van der Waals surface area contributed by atoms with Gasteiger partial charge in [0.1, 0.15) is 0 Å². The first-order valence-electron chi connectivity index (χ1n) is 9.71. The minimum Gasteiger partial charge on any atom is -0.339 e. The average molecular weight is 348 g/mol. The molecule has 25 heavy (non-hydrogen) atoms. The number of amides is 1. The number of likely N-dealkylation sites (N-methyl/N-ethyl adjacent to an activating group) is 1. The molecule has 1 amide bonds. The summed E-state index contributed by atoms with van der Waals surface area (Å²) in [5.74, 6) is 0.837. The summed E-state index contributed by atoms with van der Waals surface area (Å²) in [6, 6.07) is 0.909. The lowest BCUT2D eigenvalue weighted by Crippen LogP contribution is -2.52. The number of piperazine rings is 1. The van der Waals surface area contributed by atoms with Gasteiger partial charge in [-0.25, -0.2) is 0 Å². The molecule has 3 rings (SSSR count). The summed E-state index contributed by atoms with van der Waals surface area (Å²) in [5, 5.41) is 4.30. The summed E-state index contributed by atoms with van der Waals surface area (Å²) >= 11 is 0. The number of aromatic nitrogens is 2. The highest BCUT2D eigenvalue weighted by Crippen LogP contribution is 2.25. The molecule has 2 fully saturated rings. The van der Waals surface area contributed by atoms with E-state index in [0.717, 1.165) is 31.5 Å². The van der Waals surface area contributed by atoms with Gasteiger partial charge in [-0.15, -0.1) is 0 Å². The quantitative estimate of drug-likeness (QED) is 0.835. The molecular formula is C19H33N5O. The van der Waals surface area contributed by atoms with Crippen molar-refractivity contribution in [2.45, 2.75) is 45.7 Å². The van der Waals surface area contributed by atoms with Crippen LogP contribution in [0.25, 0.3) is 0 Å². The van der Waals surface area contributed by atoms with E-state index in [2.05, 4.69) is 42.7 Å². The van der Waals surface area contributed by atoms with Crippen molar-refractivity contribution in [2.75, 3.05) is 46.3 Å². The summed E-state index contributed by atoms with van der Waals surface area (Å²) in [4.78, 5) is 19.8. The zero-order valence-corrected chi connectivity index (χ0v) is 16.2. The lowest BCUT2D eigenvalue weighted by molar-refractivity contribution is 0.0500. The van der Waals surface area contributed by atoms with Gasteiger partial charge in [0.05, 0.1) is 11.8 Å². The van der Waals surface area contributed by atoms with Crippen LogP contribution in [0.2, 0.25) is 0 Å². The molecule has 1 aromatic rings. The molecule has 0 aliphatic carbocycles. The molecular weight excluding hydrogens is 314 g/mol. The standard InChI is InChI=1S/C19H33N5O/c1-15(2)24-14-18(13-20-24)19(25)23-7-5-17(6-8-23)16(3)22-11-9-21(4)10-12-22/h13-17H,5-12H2,1-4H3/t16-/m0/s1. The van der Waals surface area contributed by atoms with Gasteiger partial charge in [0.2, 0.25) is 0 Å². The van der Waals surface area contributed by atoms with Gasteiger partial charge >= 0.3 is 0 Å². The molecule has 0 bridgehead atoms. The Morgan fingerprint density at radius 3 is 2.28 bits per heavy atom. The second-order valence-corrected chi connectivity index (χ2v) is 8.01. The molecule has 2 aliphatic rings. The molecule has 0 radical (unpaired) electrons. The zero-order chi connectivity index (χ0) is 18.0. The highest BCUT2D eigenvalue weighted by molar-refractivity contribution is 5.93. The first-order chi connectivity index (χ1) is 12.0. The van der Waals surface area contributed by atoms with E-state index in [9.17, 15) is 4.79 Å². The maximum Gasteiger partial charge on any atom is 0.257 e. The van der Waals surface area contributed by atoms with Crippen molar-refractivity contribution in [3.63, 3.8) is 0 Å². The van der Waals surface area contributed by atoms with Crippen LogP contribution in [-0.4, -0.2) is 82.7 Å². The topological polar surface area (TPSA) is 44.6 Å². The Labute approximate surface area is 151 Å². The van der Waals surface area contributed by atoms with E-state index < -0.39 is 0 Å². The molecule has 0 aromatic carbocycles. The molecule has 140 valence electrons. The van der Waals surface area contributed by atoms with Crippen LogP contribution in [0.5, 0.6) is 0 Å². The van der Waals surface area contributed by atoms with Gasteiger partial charge < -0.3 is 9.80 Å². The number of rotatable bonds is 4. The summed E-state index contributed by atoms with van der Waals surface area (Å²) in [7, 11) is 2.20. The molecule has 2 aliphatic heterocycles. The van der Waals surface area contributed by atoms with E-state index in [1.807, 2.05) is 15.8 Å². The van der Waals surface area contributed by atoms with Crippen LogP contribution in [-0.2, 0) is 0 Å². The first kappa shape index (κ1) is 18.4. The number of piperidine rings is 1. The molecule has 1 aromatic heterocycles. The van der Waals surface area contributed by atoms with Crippen molar-refractivity contribution >= 4 is 5.91 Å². The lowest BCUT2D eigenvalue weighted by atomic mass is 9.89. The van der Waals surface area contributed by atoms with E-state index in [1.54, 1.807) is 6.20 Å². The Hall–Kier alpha value is -1.40. The van der Waals surface area contributed by atoms with E-state index in [4.69, 9.17) is 0 Å². The Balaban J connectivity index is 1.51. The number of hydrogen-bond donors (Lipinski definition) is 0. The molecule has 6 heteroatoms. The summed E-state index contributed by atoms with van der Waals surface area (Å²) < 4.78 is 1.86. The van der Waals surface area contributed by atoms with E-state index in [0.29, 0.717) is 12.0 Å². The number of carbonyl (C=O) groups is 1. The SMILES string of the molecule is CC(C)n1cc(C(=O)N2CCC([C@H](C)N3CCN(C)CC3)CC2)cn1. The van der Waals surface area contributed by atoms with Crippen LogP contribution in [0.1, 0.15) is 50.0 Å². The summed E-state index contributed by atoms with van der Waals surface area (Å²) in [5.41, 5.74) is 0.722. The van der Waals surface area contributed by atoms with Gasteiger partial charge in [-0.05, 0) is 46.6 Å². The predicted octanol–water partition coefficient (Wildman–Crippen LogP) is 1.95. The second-order valence-electron chi connectivity index (χ2n) is 8.01. The highest BCUT2D eigenvalue weighted by Gasteiger charge is 2.31. The largest absolute Gasteiger partial charge is 0.339 e. The van der Waals surface area contributed by atoms with Gasteiger partial charge in [-0.3, -0.25) is 14.4 Å². The van der Waals surface area contributed by atoms with Crippen LogP contribution in [0, 0.1) is 5.92 Å². The Bertz CT molecular complexity index is 568. The van der Waals surface area contributed by atoms with Crippen molar-refractivity contribution in [2.24, 2.45) is 5.92 Å². The van der Waals surface area contributed by atoms with Crippen LogP contribution in [0.4, 0.5) is 0 Å². The van der Waals surface area contributed by atoms with E-state index in [-0.39, 0.29) is 11.9 Å². The number of nitrogens with zero attached hydrogens (tertiary/aromatic N) is 5. The fourth-order valence-corrected chi connectivity index (χ4v) is 4.03. The summed E-state index contributed by atoms with van der Waals surface area (Å²) in [6.45, 7) is 12.9. The minimum atomic E-state index is 0.137. The van der Waals surface area contributed by atoms with Gasteiger partial charge in [0.15, 0.2) is 0 Å². The van der Waals surface area contributed by atoms with Crippen molar-refractivity contribution in [1.29, 1.82) is 0 Å². The van der Waals surface area contributed by atoms with Gasteiger partial charge in [-0.1, -0.05) is 0 Å². The van der Waals surface area contributed by atoms with E-state index >= 15 is 0 Å². The molecule has 2 saturated heterocycles. The first-order valence-corrected chi connectivity index (χ1v) is 9.71. The normalized spacial score (nSPS) is 22.5. The third-order valence-electron chi connectivity index (χ3n) is 6.00. The van der Waals surface area contributed by atoms with Gasteiger partial charge in [0.25, 0.3) is 5.91 Å². The third-order valence-corrected chi connectivity index (χ3v) is 6.00. The molecule has 3 heterocycles. The van der Waals surface area contributed by atoms with Crippen LogP contribution in [0.3, 0.4) is 0 Å². The van der Waals surface area contributed by atoms with Crippen LogP contribution < -0.4 is 0 Å². The second kappa shape index (κ2) is 7.87. The van der Waals surface area contributed by atoms with Crippen molar-refractivity contribution in [1.82, 2.24) is 24.5 Å². The van der Waals surface area contributed by atoms with Crippen LogP contribution in [0.15, 0.2) is 12.4 Å². The van der Waals surface area contributed by atoms with Crippen molar-refractivity contribution < 1.29 is 4.79 Å². The molecule has 0 saturated carbocycles. The molecule has 0 unspecified atom stereocenters. The maximum absolute atomic E-state index is 12.7. The number of hydrogen-bond acceptors (Lipinski definition) is 4. The number of likely N-dealkylation sites (tertiary alicyclic amines) is 1. The van der Waals surface area contributed by atoms with E-state index in [1.165, 1.54) is 26.2 Å². The minimum absolute atomic E-state index is 0.137. The maximum atomic E-state index is 12.7. The Kier molecular flexibility index (Phi) is 5.79. The van der Waals surface area contributed by atoms with Crippen molar-refractivity contribution in [3.05, 3.63) is 18.0 Å². The molecule has 0 N–H and O–H groups in total. The monoisotopic (exact) mass is 347 g/mol. The highest BCUT2D eigenvalue weighted by atomic mass is 16.2. The fraction of sp³-hybridized carbons (Fsp3) is 0.789. The summed E-state index contributed by atoms with van der Waals surface area (Å²) in [6.07, 6.45) is 5.81. The van der Waals surface area contributed by atoms with Crippen LogP contribution >= 0.6 is 0 Å². The van der Waals surface area contributed by atoms with Crippen molar-refractivity contribution in [3.8, 4) is 0 Å². The average Bonchev–Trinajstić information content (AvgIpc) is 3.12. The lowest BCUT2D eigenvalue weighted by Gasteiger charge is -2.42. The smallest absolute Gasteiger partial charge is 0.257 e. The zero-order valence-electron chi connectivity index (χ0n) is 16.2. The van der Waals surface area contributed by atoms with Gasteiger partial charge in [-0.2, -0.15) is 5.10 Å². The number of carbonyl (C=O) groups excluding carboxylic acids is 1. The molecule has 1 atom stereocenters. The molecule has 0 spiro atoms. The van der Waals surface area contributed by atoms with Gasteiger partial charge in [0, 0.05) is 57.5 Å². The Morgan fingerprint density at radius 2 is 1.72 bits per heavy atom.